The van der Waals surface area contributed by atoms with Crippen LogP contribution in [0.3, 0.4) is 0 Å². The average molecular weight is 832 g/mol. The van der Waals surface area contributed by atoms with Gasteiger partial charge in [0.15, 0.2) is 0 Å². The normalized spacial score (nSPS) is 13.0. The fraction of sp³-hybridized carbons (Fsp3) is 0.612. The lowest BCUT2D eigenvalue weighted by Crippen LogP contribution is -2.44. The van der Waals surface area contributed by atoms with Crippen molar-refractivity contribution in [2.24, 2.45) is 0 Å². The van der Waals surface area contributed by atoms with Crippen LogP contribution in [0.4, 0.5) is 4.79 Å². The minimum Gasteiger partial charge on any atom is -0.460 e. The Morgan fingerprint density at radius 3 is 1.77 bits per heavy atom. The van der Waals surface area contributed by atoms with Crippen LogP contribution in [0, 0.1) is 0 Å². The Labute approximate surface area is 359 Å². The third-order valence-electron chi connectivity index (χ3n) is 10.7. The van der Waals surface area contributed by atoms with Crippen LogP contribution in [0.15, 0.2) is 61.2 Å². The van der Waals surface area contributed by atoms with E-state index in [-0.39, 0.29) is 50.2 Å². The molecule has 1 aliphatic carbocycles. The van der Waals surface area contributed by atoms with Crippen molar-refractivity contribution in [3.63, 3.8) is 0 Å². The zero-order valence-electron chi connectivity index (χ0n) is 37.0. The average Bonchev–Trinajstić information content (AvgIpc) is 3.54. The van der Waals surface area contributed by atoms with Gasteiger partial charge in [-0.1, -0.05) is 145 Å². The molecule has 0 heterocycles. The summed E-state index contributed by atoms with van der Waals surface area (Å²) in [5.74, 6) is -1.78. The second-order valence-electron chi connectivity index (χ2n) is 17.0. The van der Waals surface area contributed by atoms with Gasteiger partial charge in [0.05, 0.1) is 0 Å². The van der Waals surface area contributed by atoms with Crippen LogP contribution in [-0.2, 0) is 33.4 Å². The molecule has 60 heavy (non-hydrogen) atoms. The minimum absolute atomic E-state index is 0.00193. The van der Waals surface area contributed by atoms with Crippen molar-refractivity contribution in [1.29, 1.82) is 0 Å². The topological polar surface area (TPSA) is 149 Å². The molecule has 1 aliphatic rings. The molecule has 0 saturated heterocycles. The summed E-state index contributed by atoms with van der Waals surface area (Å²) in [4.78, 5) is 64.5. The summed E-state index contributed by atoms with van der Waals surface area (Å²) in [6.07, 6.45) is 18.3. The van der Waals surface area contributed by atoms with Crippen molar-refractivity contribution in [3.8, 4) is 11.1 Å². The fourth-order valence-electron chi connectivity index (χ4n) is 7.53. The largest absolute Gasteiger partial charge is 0.460 e. The molecule has 0 radical (unpaired) electrons. The van der Waals surface area contributed by atoms with Gasteiger partial charge in [-0.05, 0) is 75.1 Å². The zero-order chi connectivity index (χ0) is 43.6. The standard InChI is InChI=1S/C49H73N3O8/c1-6-8-9-10-11-12-13-14-15-16-17-18-19-31-45(54)51-43(47(56)60-49(3,4)5)32-33-44(53)50-34-25-24-30-42(46(55)58-35-7-2)52-48(57)59-36-41-39-28-22-20-26-37(39)38-27-21-23-29-40(38)41/h7,20-23,26-29,41-43H,2,6,8-19,24-25,30-36H2,1,3-5H3,(H,50,53)(H,51,54)(H,52,57)/t42-,43-/m1/s1. The number of ether oxygens (including phenoxy) is 3. The molecule has 3 rings (SSSR count). The summed E-state index contributed by atoms with van der Waals surface area (Å²) in [5, 5.41) is 8.34. The first-order valence-corrected chi connectivity index (χ1v) is 22.6. The van der Waals surface area contributed by atoms with Gasteiger partial charge in [-0.15, -0.1) is 0 Å². The van der Waals surface area contributed by atoms with Gasteiger partial charge in [0.1, 0.15) is 30.9 Å². The maximum Gasteiger partial charge on any atom is 0.407 e. The smallest absolute Gasteiger partial charge is 0.407 e. The number of hydrogen-bond acceptors (Lipinski definition) is 8. The number of amides is 3. The molecule has 0 saturated carbocycles. The van der Waals surface area contributed by atoms with E-state index in [1.165, 1.54) is 70.3 Å². The van der Waals surface area contributed by atoms with Crippen LogP contribution in [0.25, 0.3) is 11.1 Å². The molecule has 0 aromatic heterocycles. The Bertz CT molecular complexity index is 1590. The Balaban J connectivity index is 1.37. The monoisotopic (exact) mass is 832 g/mol. The van der Waals surface area contributed by atoms with Gasteiger partial charge >= 0.3 is 18.0 Å². The number of rotatable bonds is 30. The predicted molar refractivity (Wildman–Crippen MR) is 237 cm³/mol. The maximum atomic E-state index is 13.0. The van der Waals surface area contributed by atoms with Crippen molar-refractivity contribution >= 4 is 29.8 Å². The van der Waals surface area contributed by atoms with E-state index in [0.717, 1.165) is 41.5 Å². The van der Waals surface area contributed by atoms with E-state index in [2.05, 4.69) is 41.6 Å². The lowest BCUT2D eigenvalue weighted by atomic mass is 9.98. The van der Waals surface area contributed by atoms with Gasteiger partial charge in [0.25, 0.3) is 0 Å². The summed E-state index contributed by atoms with van der Waals surface area (Å²) in [6.45, 7) is 11.6. The Morgan fingerprint density at radius 1 is 0.650 bits per heavy atom. The highest BCUT2D eigenvalue weighted by molar-refractivity contribution is 5.85. The summed E-state index contributed by atoms with van der Waals surface area (Å²) >= 11 is 0. The number of esters is 2. The van der Waals surface area contributed by atoms with E-state index < -0.39 is 35.7 Å². The van der Waals surface area contributed by atoms with Crippen molar-refractivity contribution in [1.82, 2.24) is 16.0 Å². The van der Waals surface area contributed by atoms with Crippen molar-refractivity contribution in [3.05, 3.63) is 72.3 Å². The Hall–Kier alpha value is -4.67. The van der Waals surface area contributed by atoms with Gasteiger partial charge in [0.2, 0.25) is 11.8 Å². The third-order valence-corrected chi connectivity index (χ3v) is 10.7. The number of benzene rings is 2. The minimum atomic E-state index is -0.950. The van der Waals surface area contributed by atoms with E-state index in [1.807, 2.05) is 36.4 Å². The van der Waals surface area contributed by atoms with E-state index >= 15 is 0 Å². The lowest BCUT2D eigenvalue weighted by Gasteiger charge is -2.24. The molecular formula is C49H73N3O8. The number of carbonyl (C=O) groups is 5. The molecule has 11 nitrogen and oxygen atoms in total. The fourth-order valence-corrected chi connectivity index (χ4v) is 7.53. The molecule has 0 bridgehead atoms. The first-order valence-electron chi connectivity index (χ1n) is 22.6. The van der Waals surface area contributed by atoms with E-state index in [9.17, 15) is 24.0 Å². The Kier molecular flexibility index (Phi) is 23.2. The first kappa shape index (κ1) is 49.7. The summed E-state index contributed by atoms with van der Waals surface area (Å²) in [7, 11) is 0. The predicted octanol–water partition coefficient (Wildman–Crippen LogP) is 10.00. The Morgan fingerprint density at radius 2 is 1.20 bits per heavy atom. The molecule has 2 aromatic rings. The molecule has 0 aliphatic heterocycles. The number of carbonyl (C=O) groups excluding carboxylic acids is 5. The van der Waals surface area contributed by atoms with Crippen molar-refractivity contribution in [2.75, 3.05) is 19.8 Å². The summed E-state index contributed by atoms with van der Waals surface area (Å²) < 4.78 is 16.5. The van der Waals surface area contributed by atoms with Crippen LogP contribution in [0.5, 0.6) is 0 Å². The second-order valence-corrected chi connectivity index (χ2v) is 17.0. The van der Waals surface area contributed by atoms with Crippen LogP contribution < -0.4 is 16.0 Å². The maximum absolute atomic E-state index is 13.0. The molecule has 0 unspecified atom stereocenters. The highest BCUT2D eigenvalue weighted by Crippen LogP contribution is 2.44. The van der Waals surface area contributed by atoms with Crippen molar-refractivity contribution in [2.45, 2.75) is 173 Å². The molecule has 3 amide bonds. The second kappa shape index (κ2) is 28.0. The van der Waals surface area contributed by atoms with Crippen molar-refractivity contribution < 1.29 is 38.2 Å². The highest BCUT2D eigenvalue weighted by atomic mass is 16.6. The molecule has 0 spiro atoms. The van der Waals surface area contributed by atoms with E-state index in [1.54, 1.807) is 20.8 Å². The quantitative estimate of drug-likeness (QED) is 0.0305. The van der Waals surface area contributed by atoms with Gasteiger partial charge < -0.3 is 30.2 Å². The van der Waals surface area contributed by atoms with Gasteiger partial charge in [-0.2, -0.15) is 0 Å². The molecule has 11 heteroatoms. The number of nitrogens with one attached hydrogen (secondary N) is 3. The van der Waals surface area contributed by atoms with Crippen LogP contribution in [-0.4, -0.2) is 67.3 Å². The number of fused-ring (bicyclic) bond motifs is 3. The van der Waals surface area contributed by atoms with Gasteiger partial charge in [-0.3, -0.25) is 9.59 Å². The summed E-state index contributed by atoms with van der Waals surface area (Å²) in [6, 6.07) is 14.2. The number of unbranched alkanes of at least 4 members (excludes halogenated alkanes) is 13. The summed E-state index contributed by atoms with van der Waals surface area (Å²) in [5.41, 5.74) is 3.66. The SMILES string of the molecule is C=CCOC(=O)[C@@H](CCCCNC(=O)CC[C@@H](NC(=O)CCCCCCCCCCCCCCC)C(=O)OC(C)(C)C)NC(=O)OCC1c2ccccc2-c2ccccc21. The van der Waals surface area contributed by atoms with Crippen LogP contribution in [0.1, 0.15) is 167 Å². The molecular weight excluding hydrogens is 759 g/mol. The molecule has 2 atom stereocenters. The van der Waals surface area contributed by atoms with Crippen LogP contribution in [0.2, 0.25) is 0 Å². The molecule has 332 valence electrons. The highest BCUT2D eigenvalue weighted by Gasteiger charge is 2.30. The van der Waals surface area contributed by atoms with E-state index in [4.69, 9.17) is 14.2 Å². The lowest BCUT2D eigenvalue weighted by molar-refractivity contribution is -0.159. The molecule has 0 fully saturated rings. The van der Waals surface area contributed by atoms with E-state index in [0.29, 0.717) is 25.8 Å². The zero-order valence-corrected chi connectivity index (χ0v) is 37.0. The number of alkyl carbamates (subject to hydrolysis) is 1. The van der Waals surface area contributed by atoms with Crippen LogP contribution >= 0.6 is 0 Å². The first-order chi connectivity index (χ1) is 28.9. The molecule has 2 aromatic carbocycles. The van der Waals surface area contributed by atoms with Gasteiger partial charge in [0, 0.05) is 25.3 Å². The number of hydrogen-bond donors (Lipinski definition) is 3. The third kappa shape index (κ3) is 19.1. The molecule has 3 N–H and O–H groups in total. The van der Waals surface area contributed by atoms with Gasteiger partial charge in [-0.25, -0.2) is 14.4 Å².